The van der Waals surface area contributed by atoms with Gasteiger partial charge in [0, 0.05) is 24.0 Å². The zero-order valence-electron chi connectivity index (χ0n) is 17.5. The molecule has 0 bridgehead atoms. The average molecular weight is 402 g/mol. The van der Waals surface area contributed by atoms with Crippen molar-refractivity contribution in [1.82, 2.24) is 10.3 Å². The Morgan fingerprint density at radius 2 is 1.67 bits per heavy atom. The van der Waals surface area contributed by atoms with Gasteiger partial charge in [0.25, 0.3) is 5.91 Å². The second kappa shape index (κ2) is 9.83. The fourth-order valence-electron chi connectivity index (χ4n) is 3.46. The van der Waals surface area contributed by atoms with E-state index in [2.05, 4.69) is 10.3 Å². The van der Waals surface area contributed by atoms with Crippen molar-refractivity contribution in [3.8, 4) is 11.1 Å². The molecule has 1 N–H and O–H groups in total. The van der Waals surface area contributed by atoms with Gasteiger partial charge in [-0.15, -0.1) is 0 Å². The normalized spacial score (nSPS) is 12.6. The highest BCUT2D eigenvalue weighted by molar-refractivity contribution is 5.95. The molecule has 1 unspecified atom stereocenters. The fraction of sp³-hybridized carbons (Fsp3) is 0.240. The molecule has 2 atom stereocenters. The minimum absolute atomic E-state index is 0.220. The van der Waals surface area contributed by atoms with Crippen LogP contribution in [-0.4, -0.2) is 30.0 Å². The lowest BCUT2D eigenvalue weighted by atomic mass is 9.92. The highest BCUT2D eigenvalue weighted by Gasteiger charge is 2.28. The van der Waals surface area contributed by atoms with Crippen LogP contribution < -0.4 is 5.32 Å². The summed E-state index contributed by atoms with van der Waals surface area (Å²) >= 11 is 0. The van der Waals surface area contributed by atoms with Crippen LogP contribution in [0.5, 0.6) is 0 Å². The van der Waals surface area contributed by atoms with Gasteiger partial charge in [0.1, 0.15) is 0 Å². The number of hydrogen-bond acceptors (Lipinski definition) is 4. The molecule has 5 nitrogen and oxygen atoms in total. The second-order valence-electron chi connectivity index (χ2n) is 7.40. The Kier molecular flexibility index (Phi) is 6.96. The summed E-state index contributed by atoms with van der Waals surface area (Å²) in [6, 6.07) is 18.8. The molecule has 0 aliphatic carbocycles. The molecular formula is C25H26N2O3. The Labute approximate surface area is 177 Å². The summed E-state index contributed by atoms with van der Waals surface area (Å²) in [5, 5.41) is 2.96. The predicted molar refractivity (Wildman–Crippen MR) is 117 cm³/mol. The lowest BCUT2D eigenvalue weighted by molar-refractivity contribution is -0.146. The number of ether oxygens (including phenoxy) is 1. The smallest absolute Gasteiger partial charge is 0.311 e. The van der Waals surface area contributed by atoms with Crippen molar-refractivity contribution < 1.29 is 14.3 Å². The quantitative estimate of drug-likeness (QED) is 0.601. The maximum absolute atomic E-state index is 12.8. The molecule has 1 amide bonds. The number of esters is 1. The molecule has 0 spiro atoms. The lowest BCUT2D eigenvalue weighted by Gasteiger charge is -2.23. The van der Waals surface area contributed by atoms with Crippen LogP contribution in [0.3, 0.4) is 0 Å². The van der Waals surface area contributed by atoms with E-state index >= 15 is 0 Å². The molecule has 0 saturated heterocycles. The maximum Gasteiger partial charge on any atom is 0.311 e. The molecule has 3 rings (SSSR count). The van der Waals surface area contributed by atoms with Gasteiger partial charge in [0.15, 0.2) is 0 Å². The van der Waals surface area contributed by atoms with Gasteiger partial charge in [0.05, 0.1) is 13.0 Å². The van der Waals surface area contributed by atoms with Gasteiger partial charge in [-0.3, -0.25) is 14.6 Å². The van der Waals surface area contributed by atoms with E-state index in [-0.39, 0.29) is 17.9 Å². The van der Waals surface area contributed by atoms with Crippen molar-refractivity contribution in [2.45, 2.75) is 26.3 Å². The van der Waals surface area contributed by atoms with E-state index in [4.69, 9.17) is 4.74 Å². The van der Waals surface area contributed by atoms with Crippen molar-refractivity contribution in [3.63, 3.8) is 0 Å². The summed E-state index contributed by atoms with van der Waals surface area (Å²) in [7, 11) is 1.37. The number of hydrogen-bond donors (Lipinski definition) is 1. The molecule has 0 aliphatic heterocycles. The SMILES string of the molecule is COC(=O)[C@H](Cc1cccc(C)c1)C(C)NC(=O)c1ccc(-c2ccncc2)cc1. The summed E-state index contributed by atoms with van der Waals surface area (Å²) in [5.74, 6) is -1.03. The van der Waals surface area contributed by atoms with Gasteiger partial charge in [-0.2, -0.15) is 0 Å². The van der Waals surface area contributed by atoms with Crippen molar-refractivity contribution in [2.24, 2.45) is 5.92 Å². The molecule has 3 aromatic rings. The van der Waals surface area contributed by atoms with Crippen LogP contribution in [0.2, 0.25) is 0 Å². The highest BCUT2D eigenvalue weighted by atomic mass is 16.5. The van der Waals surface area contributed by atoms with Gasteiger partial charge in [0.2, 0.25) is 0 Å². The van der Waals surface area contributed by atoms with Crippen molar-refractivity contribution in [3.05, 3.63) is 89.7 Å². The number of aryl methyl sites for hydroxylation is 1. The Morgan fingerprint density at radius 1 is 1.00 bits per heavy atom. The molecule has 5 heteroatoms. The highest BCUT2D eigenvalue weighted by Crippen LogP contribution is 2.20. The van der Waals surface area contributed by atoms with E-state index in [1.807, 2.05) is 62.4 Å². The second-order valence-corrected chi connectivity index (χ2v) is 7.40. The molecular weight excluding hydrogens is 376 g/mol. The van der Waals surface area contributed by atoms with Gasteiger partial charge in [-0.25, -0.2) is 0 Å². The van der Waals surface area contributed by atoms with E-state index in [1.165, 1.54) is 7.11 Å². The number of pyridine rings is 1. The molecule has 0 saturated carbocycles. The Morgan fingerprint density at radius 3 is 2.30 bits per heavy atom. The first-order chi connectivity index (χ1) is 14.5. The van der Waals surface area contributed by atoms with E-state index < -0.39 is 5.92 Å². The molecule has 0 radical (unpaired) electrons. The zero-order valence-corrected chi connectivity index (χ0v) is 17.5. The minimum Gasteiger partial charge on any atom is -0.469 e. The average Bonchev–Trinajstić information content (AvgIpc) is 2.77. The number of amides is 1. The fourth-order valence-corrected chi connectivity index (χ4v) is 3.46. The van der Waals surface area contributed by atoms with Gasteiger partial charge < -0.3 is 10.1 Å². The number of methoxy groups -OCH3 is 1. The van der Waals surface area contributed by atoms with E-state index in [0.717, 1.165) is 22.3 Å². The number of rotatable bonds is 7. The monoisotopic (exact) mass is 402 g/mol. The van der Waals surface area contributed by atoms with Crippen molar-refractivity contribution >= 4 is 11.9 Å². The zero-order chi connectivity index (χ0) is 21.5. The summed E-state index contributed by atoms with van der Waals surface area (Å²) in [6.07, 6.45) is 3.97. The van der Waals surface area contributed by atoms with E-state index in [9.17, 15) is 9.59 Å². The molecule has 0 fully saturated rings. The van der Waals surface area contributed by atoms with Gasteiger partial charge >= 0.3 is 5.97 Å². The molecule has 1 heterocycles. The number of nitrogens with one attached hydrogen (secondary N) is 1. The van der Waals surface area contributed by atoms with Gasteiger partial charge in [-0.05, 0) is 61.2 Å². The maximum atomic E-state index is 12.8. The lowest BCUT2D eigenvalue weighted by Crippen LogP contribution is -2.42. The third-order valence-corrected chi connectivity index (χ3v) is 5.17. The van der Waals surface area contributed by atoms with Crippen LogP contribution in [0.25, 0.3) is 11.1 Å². The van der Waals surface area contributed by atoms with Crippen LogP contribution >= 0.6 is 0 Å². The molecule has 2 aromatic carbocycles. The van der Waals surface area contributed by atoms with Crippen LogP contribution in [0.1, 0.15) is 28.4 Å². The van der Waals surface area contributed by atoms with Crippen molar-refractivity contribution in [2.75, 3.05) is 7.11 Å². The van der Waals surface area contributed by atoms with E-state index in [0.29, 0.717) is 12.0 Å². The Bertz CT molecular complexity index is 1000. The van der Waals surface area contributed by atoms with Crippen LogP contribution in [0.4, 0.5) is 0 Å². The summed E-state index contributed by atoms with van der Waals surface area (Å²) in [5.41, 5.74) is 4.75. The third kappa shape index (κ3) is 5.32. The topological polar surface area (TPSA) is 68.3 Å². The van der Waals surface area contributed by atoms with Crippen LogP contribution in [-0.2, 0) is 16.0 Å². The first-order valence-electron chi connectivity index (χ1n) is 9.92. The van der Waals surface area contributed by atoms with Crippen molar-refractivity contribution in [1.29, 1.82) is 0 Å². The number of aromatic nitrogens is 1. The number of benzene rings is 2. The van der Waals surface area contributed by atoms with Crippen LogP contribution in [0.15, 0.2) is 73.1 Å². The first kappa shape index (κ1) is 21.2. The molecule has 154 valence electrons. The number of carbonyl (C=O) groups excluding carboxylic acids is 2. The Balaban J connectivity index is 1.70. The minimum atomic E-state index is -0.475. The standard InChI is InChI=1S/C25H26N2O3/c1-17-5-4-6-19(15-17)16-23(25(29)30-3)18(2)27-24(28)22-9-7-20(8-10-22)21-11-13-26-14-12-21/h4-15,18,23H,16H2,1-3H3,(H,27,28)/t18?,23-/m1/s1. The van der Waals surface area contributed by atoms with Crippen LogP contribution in [0, 0.1) is 12.8 Å². The first-order valence-corrected chi connectivity index (χ1v) is 9.92. The third-order valence-electron chi connectivity index (χ3n) is 5.17. The van der Waals surface area contributed by atoms with Gasteiger partial charge in [-0.1, -0.05) is 42.0 Å². The largest absolute Gasteiger partial charge is 0.469 e. The summed E-state index contributed by atoms with van der Waals surface area (Å²) < 4.78 is 4.99. The predicted octanol–water partition coefficient (Wildman–Crippen LogP) is 4.21. The summed E-state index contributed by atoms with van der Waals surface area (Å²) in [6.45, 7) is 3.85. The summed E-state index contributed by atoms with van der Waals surface area (Å²) in [4.78, 5) is 29.2. The molecule has 30 heavy (non-hydrogen) atoms. The number of nitrogens with zero attached hydrogens (tertiary/aromatic N) is 1. The molecule has 1 aromatic heterocycles. The number of carbonyl (C=O) groups is 2. The van der Waals surface area contributed by atoms with E-state index in [1.54, 1.807) is 24.5 Å². The molecule has 0 aliphatic rings. The Hall–Kier alpha value is -3.47.